The van der Waals surface area contributed by atoms with Gasteiger partial charge in [-0.3, -0.25) is 4.90 Å². The summed E-state index contributed by atoms with van der Waals surface area (Å²) in [7, 11) is 1.71. The van der Waals surface area contributed by atoms with Gasteiger partial charge in [-0.05, 0) is 72.5 Å². The quantitative estimate of drug-likeness (QED) is 0.602. The smallest absolute Gasteiger partial charge is 0.118 e. The summed E-state index contributed by atoms with van der Waals surface area (Å²) in [5.74, 6) is 0.879. The van der Waals surface area contributed by atoms with Crippen molar-refractivity contribution in [2.24, 2.45) is 0 Å². The van der Waals surface area contributed by atoms with Crippen LogP contribution in [0.1, 0.15) is 23.7 Å². The molecule has 1 saturated heterocycles. The number of morpholine rings is 1. The van der Waals surface area contributed by atoms with E-state index >= 15 is 0 Å². The van der Waals surface area contributed by atoms with Crippen molar-refractivity contribution in [3.8, 4) is 22.7 Å². The number of hydrogen-bond acceptors (Lipinski definition) is 3. The second kappa shape index (κ2) is 8.85. The van der Waals surface area contributed by atoms with Gasteiger partial charge in [0.15, 0.2) is 0 Å². The Hall–Kier alpha value is -2.56. The maximum Gasteiger partial charge on any atom is 0.118 e. The largest absolute Gasteiger partial charge is 0.497 e. The van der Waals surface area contributed by atoms with Crippen LogP contribution in [0.3, 0.4) is 0 Å². The zero-order valence-electron chi connectivity index (χ0n) is 17.6. The van der Waals surface area contributed by atoms with Crippen molar-refractivity contribution in [3.05, 3.63) is 71.4 Å². The van der Waals surface area contributed by atoms with Crippen molar-refractivity contribution in [2.45, 2.75) is 26.8 Å². The van der Waals surface area contributed by atoms with Gasteiger partial charge in [-0.15, -0.1) is 0 Å². The van der Waals surface area contributed by atoms with Crippen molar-refractivity contribution in [1.82, 2.24) is 9.47 Å². The van der Waals surface area contributed by atoms with E-state index < -0.39 is 0 Å². The monoisotopic (exact) mass is 390 g/mol. The number of nitrogens with zero attached hydrogens (tertiary/aromatic N) is 2. The van der Waals surface area contributed by atoms with Crippen LogP contribution in [0.2, 0.25) is 0 Å². The number of aromatic nitrogens is 1. The average molecular weight is 391 g/mol. The van der Waals surface area contributed by atoms with E-state index in [0.717, 1.165) is 45.0 Å². The van der Waals surface area contributed by atoms with Gasteiger partial charge in [-0.1, -0.05) is 19.1 Å². The van der Waals surface area contributed by atoms with Gasteiger partial charge in [0.2, 0.25) is 0 Å². The Labute approximate surface area is 173 Å². The molecule has 29 heavy (non-hydrogen) atoms. The highest BCUT2D eigenvalue weighted by atomic mass is 16.5. The third-order valence-corrected chi connectivity index (χ3v) is 5.84. The van der Waals surface area contributed by atoms with E-state index in [9.17, 15) is 0 Å². The lowest BCUT2D eigenvalue weighted by Gasteiger charge is -2.26. The third kappa shape index (κ3) is 4.24. The van der Waals surface area contributed by atoms with Crippen LogP contribution < -0.4 is 4.74 Å². The predicted molar refractivity (Wildman–Crippen MR) is 118 cm³/mol. The number of benzene rings is 2. The number of rotatable bonds is 6. The fourth-order valence-corrected chi connectivity index (χ4v) is 4.01. The van der Waals surface area contributed by atoms with Crippen LogP contribution in [0, 0.1) is 6.92 Å². The van der Waals surface area contributed by atoms with E-state index in [0.29, 0.717) is 0 Å². The zero-order valence-corrected chi connectivity index (χ0v) is 17.6. The Balaban J connectivity index is 1.76. The standard InChI is InChI=1S/C25H30N2O2/c1-4-20-5-9-23(10-6-20)27-19(2)22(18-26-13-15-29-16-14-26)17-25(27)21-7-11-24(28-3)12-8-21/h5-12,17H,4,13-16,18H2,1-3H3. The predicted octanol–water partition coefficient (Wildman–Crippen LogP) is 4.86. The molecular weight excluding hydrogens is 360 g/mol. The van der Waals surface area contributed by atoms with E-state index in [2.05, 4.69) is 65.8 Å². The highest BCUT2D eigenvalue weighted by Crippen LogP contribution is 2.31. The minimum absolute atomic E-state index is 0.823. The molecule has 1 fully saturated rings. The molecule has 1 aromatic heterocycles. The molecule has 0 radical (unpaired) electrons. The lowest BCUT2D eigenvalue weighted by atomic mass is 10.1. The minimum atomic E-state index is 0.823. The lowest BCUT2D eigenvalue weighted by Crippen LogP contribution is -2.35. The molecule has 1 aliphatic heterocycles. The number of aryl methyl sites for hydroxylation is 1. The highest BCUT2D eigenvalue weighted by Gasteiger charge is 2.18. The minimum Gasteiger partial charge on any atom is -0.497 e. The second-order valence-electron chi connectivity index (χ2n) is 7.61. The molecule has 0 spiro atoms. The van der Waals surface area contributed by atoms with Crippen molar-refractivity contribution in [3.63, 3.8) is 0 Å². The van der Waals surface area contributed by atoms with E-state index in [1.807, 2.05) is 12.1 Å². The molecule has 0 atom stereocenters. The Morgan fingerprint density at radius 2 is 1.66 bits per heavy atom. The maximum atomic E-state index is 5.52. The molecule has 2 heterocycles. The summed E-state index contributed by atoms with van der Waals surface area (Å²) in [6, 6.07) is 19.6. The SMILES string of the molecule is CCc1ccc(-n2c(-c3ccc(OC)cc3)cc(CN3CCOCC3)c2C)cc1. The molecule has 4 nitrogen and oxygen atoms in total. The van der Waals surface area contributed by atoms with Gasteiger partial charge in [-0.25, -0.2) is 0 Å². The van der Waals surface area contributed by atoms with Crippen molar-refractivity contribution < 1.29 is 9.47 Å². The van der Waals surface area contributed by atoms with E-state index in [1.165, 1.54) is 33.8 Å². The molecule has 0 saturated carbocycles. The first-order chi connectivity index (χ1) is 14.2. The van der Waals surface area contributed by atoms with Crippen molar-refractivity contribution in [1.29, 1.82) is 0 Å². The first kappa shape index (κ1) is 19.7. The van der Waals surface area contributed by atoms with Gasteiger partial charge >= 0.3 is 0 Å². The highest BCUT2D eigenvalue weighted by molar-refractivity contribution is 5.66. The van der Waals surface area contributed by atoms with Crippen molar-refractivity contribution >= 4 is 0 Å². The van der Waals surface area contributed by atoms with Crippen LogP contribution in [0.15, 0.2) is 54.6 Å². The summed E-state index contributed by atoms with van der Waals surface area (Å²) in [6.45, 7) is 9.02. The Kier molecular flexibility index (Phi) is 6.02. The fraction of sp³-hybridized carbons (Fsp3) is 0.360. The molecule has 0 aliphatic carbocycles. The number of hydrogen-bond donors (Lipinski definition) is 0. The molecule has 0 unspecified atom stereocenters. The summed E-state index contributed by atoms with van der Waals surface area (Å²) in [4.78, 5) is 2.48. The molecule has 0 amide bonds. The Morgan fingerprint density at radius 1 is 0.966 bits per heavy atom. The van der Waals surface area contributed by atoms with Crippen LogP contribution in [-0.2, 0) is 17.7 Å². The lowest BCUT2D eigenvalue weighted by molar-refractivity contribution is 0.0341. The number of ether oxygens (including phenoxy) is 2. The van der Waals surface area contributed by atoms with Gasteiger partial charge in [-0.2, -0.15) is 0 Å². The topological polar surface area (TPSA) is 26.6 Å². The van der Waals surface area contributed by atoms with Crippen LogP contribution in [0.25, 0.3) is 16.9 Å². The summed E-state index contributed by atoms with van der Waals surface area (Å²) in [6.07, 6.45) is 1.05. The summed E-state index contributed by atoms with van der Waals surface area (Å²) in [5.41, 5.74) is 7.65. The van der Waals surface area contributed by atoms with Gasteiger partial charge in [0.05, 0.1) is 26.0 Å². The molecule has 0 N–H and O–H groups in total. The zero-order chi connectivity index (χ0) is 20.2. The van der Waals surface area contributed by atoms with E-state index in [1.54, 1.807) is 7.11 Å². The first-order valence-corrected chi connectivity index (χ1v) is 10.4. The summed E-state index contributed by atoms with van der Waals surface area (Å²) < 4.78 is 13.3. The molecule has 0 bridgehead atoms. The molecule has 2 aromatic carbocycles. The molecule has 1 aliphatic rings. The summed E-state index contributed by atoms with van der Waals surface area (Å²) >= 11 is 0. The van der Waals surface area contributed by atoms with Gasteiger partial charge < -0.3 is 14.0 Å². The van der Waals surface area contributed by atoms with Crippen LogP contribution in [-0.4, -0.2) is 42.9 Å². The number of methoxy groups -OCH3 is 1. The second-order valence-corrected chi connectivity index (χ2v) is 7.61. The van der Waals surface area contributed by atoms with Crippen molar-refractivity contribution in [2.75, 3.05) is 33.4 Å². The van der Waals surface area contributed by atoms with Gasteiger partial charge in [0.25, 0.3) is 0 Å². The molecule has 4 heteroatoms. The first-order valence-electron chi connectivity index (χ1n) is 10.4. The van der Waals surface area contributed by atoms with Crippen LogP contribution >= 0.6 is 0 Å². The van der Waals surface area contributed by atoms with Crippen LogP contribution in [0.5, 0.6) is 5.75 Å². The third-order valence-electron chi connectivity index (χ3n) is 5.84. The molecule has 3 aromatic rings. The molecular formula is C25H30N2O2. The average Bonchev–Trinajstić information content (AvgIpc) is 3.10. The van der Waals surface area contributed by atoms with E-state index in [-0.39, 0.29) is 0 Å². The fourth-order valence-electron chi connectivity index (χ4n) is 4.01. The molecule has 4 rings (SSSR count). The Morgan fingerprint density at radius 3 is 2.28 bits per heavy atom. The van der Waals surface area contributed by atoms with Crippen LogP contribution in [0.4, 0.5) is 0 Å². The molecule has 152 valence electrons. The maximum absolute atomic E-state index is 5.52. The Bertz CT molecular complexity index is 936. The summed E-state index contributed by atoms with van der Waals surface area (Å²) in [5, 5.41) is 0. The normalized spacial score (nSPS) is 14.9. The van der Waals surface area contributed by atoms with Gasteiger partial charge in [0.1, 0.15) is 5.75 Å². The van der Waals surface area contributed by atoms with Gasteiger partial charge in [0, 0.05) is 31.0 Å². The van der Waals surface area contributed by atoms with E-state index in [4.69, 9.17) is 9.47 Å².